The Balaban J connectivity index is 3.31. The molecule has 0 aromatic heterocycles. The largest absolute Gasteiger partial charge is 0.480 e. The first-order chi connectivity index (χ1) is 8.81. The number of carboxylic acid groups (broad SMARTS) is 1. The minimum atomic E-state index is -0.971. The maximum Gasteiger partial charge on any atom is 0.330 e. The third-order valence-electron chi connectivity index (χ3n) is 3.82. The van der Waals surface area contributed by atoms with E-state index >= 15 is 0 Å². The Morgan fingerprint density at radius 2 is 1.68 bits per heavy atom. The lowest BCUT2D eigenvalue weighted by molar-refractivity contribution is -0.138. The lowest BCUT2D eigenvalue weighted by Crippen LogP contribution is -2.34. The summed E-state index contributed by atoms with van der Waals surface area (Å²) in [6, 6.07) is -0.867. The van der Waals surface area contributed by atoms with Crippen LogP contribution in [-0.4, -0.2) is 31.7 Å². The quantitative estimate of drug-likeness (QED) is 0.768. The van der Waals surface area contributed by atoms with Crippen LogP contribution in [0.25, 0.3) is 0 Å². The Hall–Kier alpha value is -1.33. The summed E-state index contributed by atoms with van der Waals surface area (Å²) in [7, 11) is 3.35. The Morgan fingerprint density at radius 1 is 1.21 bits per heavy atom. The third-order valence-corrected chi connectivity index (χ3v) is 3.82. The highest BCUT2D eigenvalue weighted by atomic mass is 16.4. The van der Waals surface area contributed by atoms with Crippen molar-refractivity contribution in [2.45, 2.75) is 40.2 Å². The van der Waals surface area contributed by atoms with Crippen LogP contribution in [0.1, 0.15) is 27.8 Å². The van der Waals surface area contributed by atoms with E-state index in [4.69, 9.17) is 15.5 Å². The van der Waals surface area contributed by atoms with E-state index in [0.717, 1.165) is 33.3 Å². The number of rotatable bonds is 5. The maximum atomic E-state index is 10.9. The molecule has 1 aromatic rings. The van der Waals surface area contributed by atoms with Gasteiger partial charge < -0.3 is 15.5 Å². The van der Waals surface area contributed by atoms with Crippen molar-refractivity contribution in [3.63, 3.8) is 0 Å². The molecule has 0 saturated heterocycles. The summed E-state index contributed by atoms with van der Waals surface area (Å²) in [6.45, 7) is 8.03. The van der Waals surface area contributed by atoms with Crippen LogP contribution in [0.2, 0.25) is 0 Å². The van der Waals surface area contributed by atoms with Gasteiger partial charge in [0.05, 0.1) is 0 Å². The van der Waals surface area contributed by atoms with Gasteiger partial charge in [-0.3, -0.25) is 4.79 Å². The second-order valence-electron chi connectivity index (χ2n) is 4.89. The number of hydrogen-bond acceptors (Lipinski definition) is 3. The van der Waals surface area contributed by atoms with Gasteiger partial charge in [-0.15, -0.1) is 0 Å². The lowest BCUT2D eigenvalue weighted by atomic mass is 9.75. The molecule has 0 bridgehead atoms. The van der Waals surface area contributed by atoms with Gasteiger partial charge in [-0.05, 0) is 56.3 Å². The van der Waals surface area contributed by atoms with Gasteiger partial charge in [-0.1, -0.05) is 11.1 Å². The highest BCUT2D eigenvalue weighted by Gasteiger charge is 2.19. The van der Waals surface area contributed by atoms with Gasteiger partial charge in [0, 0.05) is 7.11 Å². The lowest BCUT2D eigenvalue weighted by Gasteiger charge is -2.21. The number of aliphatic carboxylic acids is 1. The van der Waals surface area contributed by atoms with E-state index in [1.54, 1.807) is 14.6 Å². The summed E-state index contributed by atoms with van der Waals surface area (Å²) < 4.78 is 5.11. The Bertz CT molecular complexity index is 471. The molecular weight excluding hydrogens is 241 g/mol. The topological polar surface area (TPSA) is 72.5 Å². The van der Waals surface area contributed by atoms with Gasteiger partial charge in [-0.2, -0.15) is 0 Å². The highest BCUT2D eigenvalue weighted by molar-refractivity contribution is 6.48. The fourth-order valence-electron chi connectivity index (χ4n) is 2.33. The monoisotopic (exact) mass is 262 g/mol. The molecule has 1 aromatic carbocycles. The maximum absolute atomic E-state index is 10.9. The van der Waals surface area contributed by atoms with E-state index < -0.39 is 12.0 Å². The molecule has 0 aliphatic carbocycles. The summed E-state index contributed by atoms with van der Waals surface area (Å²) in [5.74, 6) is -0.971. The van der Waals surface area contributed by atoms with Gasteiger partial charge in [0.15, 0.2) is 0 Å². The van der Waals surface area contributed by atoms with Crippen LogP contribution in [0, 0.1) is 27.7 Å². The van der Waals surface area contributed by atoms with E-state index in [-0.39, 0.29) is 0 Å². The summed E-state index contributed by atoms with van der Waals surface area (Å²) in [5, 5.41) is 8.95. The van der Waals surface area contributed by atoms with Gasteiger partial charge >= 0.3 is 13.5 Å². The number of carbonyl (C=O) groups is 1. The zero-order valence-corrected chi connectivity index (χ0v) is 12.2. The predicted molar refractivity (Wildman–Crippen MR) is 77.1 cm³/mol. The fourth-order valence-corrected chi connectivity index (χ4v) is 2.33. The van der Waals surface area contributed by atoms with Crippen molar-refractivity contribution in [2.75, 3.05) is 7.11 Å². The average Bonchev–Trinajstić information content (AvgIpc) is 2.37. The van der Waals surface area contributed by atoms with Crippen molar-refractivity contribution in [3.8, 4) is 0 Å². The summed E-state index contributed by atoms with van der Waals surface area (Å²) in [5.41, 5.74) is 12.1. The number of hydrogen-bond donors (Lipinski definition) is 2. The van der Waals surface area contributed by atoms with Crippen molar-refractivity contribution in [2.24, 2.45) is 5.73 Å². The molecule has 0 fully saturated rings. The van der Waals surface area contributed by atoms with Gasteiger partial charge in [0.2, 0.25) is 0 Å². The first-order valence-corrected chi connectivity index (χ1v) is 6.24. The van der Waals surface area contributed by atoms with E-state index in [9.17, 15) is 4.79 Å². The van der Waals surface area contributed by atoms with Crippen LogP contribution in [0.4, 0.5) is 0 Å². The van der Waals surface area contributed by atoms with Crippen molar-refractivity contribution >= 4 is 18.9 Å². The third kappa shape index (κ3) is 3.17. The number of benzene rings is 1. The number of carboxylic acids is 1. The van der Waals surface area contributed by atoms with Crippen molar-refractivity contribution in [1.29, 1.82) is 0 Å². The average molecular weight is 262 g/mol. The van der Waals surface area contributed by atoms with E-state index in [2.05, 4.69) is 0 Å². The smallest absolute Gasteiger partial charge is 0.330 e. The Kier molecular flexibility index (Phi) is 5.15. The second kappa shape index (κ2) is 6.22. The normalized spacial score (nSPS) is 12.3. The van der Waals surface area contributed by atoms with Gasteiger partial charge in [0.25, 0.3) is 0 Å². The minimum absolute atomic E-state index is 0.349. The molecule has 0 spiro atoms. The van der Waals surface area contributed by atoms with Crippen LogP contribution in [0.15, 0.2) is 0 Å². The fraction of sp³-hybridized carbons (Fsp3) is 0.500. The summed E-state index contributed by atoms with van der Waals surface area (Å²) in [6.07, 6.45) is 0.349. The molecule has 0 amide bonds. The van der Waals surface area contributed by atoms with Crippen molar-refractivity contribution in [3.05, 3.63) is 27.8 Å². The van der Waals surface area contributed by atoms with Crippen LogP contribution in [0.3, 0.4) is 0 Å². The molecule has 19 heavy (non-hydrogen) atoms. The highest BCUT2D eigenvalue weighted by Crippen LogP contribution is 2.21. The Morgan fingerprint density at radius 3 is 2.05 bits per heavy atom. The SMILES string of the molecule is CO[B]c1c(C)c(C)c(CC(N)C(=O)O)c(C)c1C. The van der Waals surface area contributed by atoms with Crippen molar-refractivity contribution < 1.29 is 14.6 Å². The van der Waals surface area contributed by atoms with Gasteiger partial charge in [-0.25, -0.2) is 0 Å². The van der Waals surface area contributed by atoms with Crippen LogP contribution in [0.5, 0.6) is 0 Å². The molecule has 103 valence electrons. The first-order valence-electron chi connectivity index (χ1n) is 6.24. The second-order valence-corrected chi connectivity index (χ2v) is 4.89. The van der Waals surface area contributed by atoms with E-state index in [0.29, 0.717) is 6.42 Å². The minimum Gasteiger partial charge on any atom is -0.480 e. The molecule has 5 heteroatoms. The predicted octanol–water partition coefficient (Wildman–Crippen LogP) is 0.766. The van der Waals surface area contributed by atoms with Crippen molar-refractivity contribution in [1.82, 2.24) is 0 Å². The van der Waals surface area contributed by atoms with Crippen LogP contribution in [-0.2, 0) is 15.9 Å². The standard InChI is InChI=1S/C14H21BNO3/c1-7-9(3)13(15-19-5)10(4)8(2)11(7)6-12(16)14(17)18/h12H,6,16H2,1-5H3,(H,17,18). The van der Waals surface area contributed by atoms with Gasteiger partial charge in [0.1, 0.15) is 6.04 Å². The molecule has 3 N–H and O–H groups in total. The molecule has 0 heterocycles. The van der Waals surface area contributed by atoms with E-state index in [1.807, 2.05) is 27.7 Å². The molecule has 4 nitrogen and oxygen atoms in total. The molecule has 1 radical (unpaired) electrons. The van der Waals surface area contributed by atoms with Crippen LogP contribution >= 0.6 is 0 Å². The molecule has 0 saturated carbocycles. The Labute approximate surface area is 115 Å². The molecule has 0 aliphatic rings. The molecule has 1 unspecified atom stereocenters. The van der Waals surface area contributed by atoms with E-state index in [1.165, 1.54) is 0 Å². The zero-order chi connectivity index (χ0) is 14.7. The molecular formula is C14H21BNO3. The molecule has 1 atom stereocenters. The zero-order valence-electron chi connectivity index (χ0n) is 12.2. The summed E-state index contributed by atoms with van der Waals surface area (Å²) >= 11 is 0. The first kappa shape index (κ1) is 15.7. The van der Waals surface area contributed by atoms with Crippen LogP contribution < -0.4 is 11.2 Å². The molecule has 0 aliphatic heterocycles. The molecule has 1 rings (SSSR count). The summed E-state index contributed by atoms with van der Waals surface area (Å²) in [4.78, 5) is 10.9. The number of nitrogens with two attached hydrogens (primary N) is 1.